The highest BCUT2D eigenvalue weighted by Crippen LogP contribution is 2.40. The predicted molar refractivity (Wildman–Crippen MR) is 71.6 cm³/mol. The summed E-state index contributed by atoms with van der Waals surface area (Å²) >= 11 is 0. The second kappa shape index (κ2) is 5.50. The number of halogens is 3. The number of ether oxygens (including phenoxy) is 1. The Morgan fingerprint density at radius 2 is 2.09 bits per heavy atom. The van der Waals surface area contributed by atoms with Crippen molar-refractivity contribution in [1.29, 1.82) is 0 Å². The van der Waals surface area contributed by atoms with E-state index in [4.69, 9.17) is 11.3 Å². The molecule has 0 bridgehead atoms. The second-order valence-electron chi connectivity index (χ2n) is 5.00. The van der Waals surface area contributed by atoms with Gasteiger partial charge >= 0.3 is 12.3 Å². The van der Waals surface area contributed by atoms with Crippen LogP contribution >= 0.6 is 0 Å². The lowest BCUT2D eigenvalue weighted by Gasteiger charge is -2.26. The van der Waals surface area contributed by atoms with Gasteiger partial charge in [0.2, 0.25) is 0 Å². The Morgan fingerprint density at radius 1 is 1.45 bits per heavy atom. The second-order valence-corrected chi connectivity index (χ2v) is 5.00. The molecule has 0 spiro atoms. The van der Waals surface area contributed by atoms with E-state index in [1.807, 2.05) is 0 Å². The monoisotopic (exact) mass is 314 g/mol. The van der Waals surface area contributed by atoms with Crippen LogP contribution in [0, 0.1) is 6.57 Å². The summed E-state index contributed by atoms with van der Waals surface area (Å²) in [5, 5.41) is 9.76. The summed E-state index contributed by atoms with van der Waals surface area (Å²) in [5.74, 6) is 0. The number of aliphatic hydroxyl groups is 1. The first-order chi connectivity index (χ1) is 10.2. The number of hydrogen-bond acceptors (Lipinski definition) is 3. The minimum Gasteiger partial charge on any atom is -0.444 e. The van der Waals surface area contributed by atoms with E-state index in [1.54, 1.807) is 6.92 Å². The van der Waals surface area contributed by atoms with Gasteiger partial charge in [-0.05, 0) is 26.0 Å². The molecule has 0 aromatic heterocycles. The van der Waals surface area contributed by atoms with E-state index in [2.05, 4.69) is 4.85 Å². The van der Waals surface area contributed by atoms with Crippen molar-refractivity contribution in [1.82, 2.24) is 0 Å². The van der Waals surface area contributed by atoms with Crippen molar-refractivity contribution in [2.75, 3.05) is 4.90 Å². The molecule has 1 N–H and O–H groups in total. The molecule has 0 radical (unpaired) electrons. The number of anilines is 1. The number of benzene rings is 1. The van der Waals surface area contributed by atoms with Gasteiger partial charge in [0.1, 0.15) is 12.1 Å². The van der Waals surface area contributed by atoms with Crippen LogP contribution in [-0.2, 0) is 10.9 Å². The van der Waals surface area contributed by atoms with E-state index in [9.17, 15) is 23.1 Å². The third kappa shape index (κ3) is 2.72. The van der Waals surface area contributed by atoms with Crippen LogP contribution in [0.1, 0.15) is 19.4 Å². The lowest BCUT2D eigenvalue weighted by Crippen LogP contribution is -2.43. The summed E-state index contributed by atoms with van der Waals surface area (Å²) in [6, 6.07) is 2.16. The third-order valence-electron chi connectivity index (χ3n) is 3.44. The zero-order valence-electron chi connectivity index (χ0n) is 11.8. The number of aliphatic hydroxyl groups excluding tert-OH is 1. The fraction of sp³-hybridized carbons (Fsp3) is 0.429. The average molecular weight is 314 g/mol. The normalized spacial score (nSPS) is 23.1. The number of hydrogen-bond donors (Lipinski definition) is 1. The van der Waals surface area contributed by atoms with Crippen molar-refractivity contribution in [2.24, 2.45) is 0 Å². The molecule has 2 rings (SSSR count). The molecular formula is C14H13F3N2O3. The maximum atomic E-state index is 13.0. The van der Waals surface area contributed by atoms with E-state index in [0.29, 0.717) is 0 Å². The fourth-order valence-electron chi connectivity index (χ4n) is 2.50. The zero-order valence-corrected chi connectivity index (χ0v) is 11.8. The number of rotatable bonds is 2. The molecule has 1 aliphatic rings. The smallest absolute Gasteiger partial charge is 0.415 e. The molecule has 3 atom stereocenters. The van der Waals surface area contributed by atoms with Crippen molar-refractivity contribution in [3.8, 4) is 0 Å². The first-order valence-electron chi connectivity index (χ1n) is 6.43. The molecule has 1 fully saturated rings. The Bertz CT molecular complexity index is 637. The number of carbonyl (C=O) groups is 1. The first-order valence-corrected chi connectivity index (χ1v) is 6.43. The Balaban J connectivity index is 2.53. The Morgan fingerprint density at radius 3 is 2.59 bits per heavy atom. The molecule has 1 aromatic rings. The molecule has 0 unspecified atom stereocenters. The van der Waals surface area contributed by atoms with Crippen LogP contribution in [0.25, 0.3) is 4.85 Å². The molecule has 1 saturated heterocycles. The molecule has 22 heavy (non-hydrogen) atoms. The van der Waals surface area contributed by atoms with E-state index in [-0.39, 0.29) is 5.69 Å². The summed E-state index contributed by atoms with van der Waals surface area (Å²) in [4.78, 5) is 15.7. The topological polar surface area (TPSA) is 54.1 Å². The van der Waals surface area contributed by atoms with Crippen LogP contribution in [0.3, 0.4) is 0 Å². The molecule has 1 aliphatic heterocycles. The Hall–Kier alpha value is -2.27. The number of cyclic esters (lactones) is 1. The van der Waals surface area contributed by atoms with E-state index in [1.165, 1.54) is 13.0 Å². The van der Waals surface area contributed by atoms with Crippen molar-refractivity contribution in [2.45, 2.75) is 38.3 Å². The molecule has 1 amide bonds. The molecule has 0 saturated carbocycles. The van der Waals surface area contributed by atoms with Gasteiger partial charge in [0.15, 0.2) is 5.69 Å². The summed E-state index contributed by atoms with van der Waals surface area (Å²) in [5.41, 5.74) is -1.75. The van der Waals surface area contributed by atoms with Crippen LogP contribution < -0.4 is 4.90 Å². The van der Waals surface area contributed by atoms with Crippen LogP contribution in [0.2, 0.25) is 0 Å². The third-order valence-corrected chi connectivity index (χ3v) is 3.44. The van der Waals surface area contributed by atoms with Gasteiger partial charge in [-0.25, -0.2) is 9.64 Å². The van der Waals surface area contributed by atoms with Gasteiger partial charge in [-0.1, -0.05) is 6.07 Å². The van der Waals surface area contributed by atoms with Gasteiger partial charge in [-0.3, -0.25) is 4.90 Å². The van der Waals surface area contributed by atoms with Crippen molar-refractivity contribution in [3.63, 3.8) is 0 Å². The number of nitrogens with zero attached hydrogens (tertiary/aromatic N) is 2. The maximum absolute atomic E-state index is 13.0. The van der Waals surface area contributed by atoms with Gasteiger partial charge in [0.25, 0.3) is 0 Å². The van der Waals surface area contributed by atoms with Crippen molar-refractivity contribution < 1.29 is 27.8 Å². The number of carbonyl (C=O) groups excluding carboxylic acids is 1. The number of alkyl halides is 3. The molecule has 0 aliphatic carbocycles. The van der Waals surface area contributed by atoms with Crippen molar-refractivity contribution >= 4 is 17.5 Å². The predicted octanol–water partition coefficient (Wildman–Crippen LogP) is 3.35. The van der Waals surface area contributed by atoms with Crippen LogP contribution in [0.4, 0.5) is 29.3 Å². The summed E-state index contributed by atoms with van der Waals surface area (Å²) in [7, 11) is 0. The van der Waals surface area contributed by atoms with Gasteiger partial charge in [0, 0.05) is 5.69 Å². The minimum atomic E-state index is -4.72. The molecule has 8 heteroatoms. The zero-order chi connectivity index (χ0) is 16.7. The van der Waals surface area contributed by atoms with E-state index >= 15 is 0 Å². The van der Waals surface area contributed by atoms with E-state index in [0.717, 1.165) is 17.0 Å². The van der Waals surface area contributed by atoms with Gasteiger partial charge in [-0.2, -0.15) is 13.2 Å². The average Bonchev–Trinajstić information content (AvgIpc) is 2.71. The maximum Gasteiger partial charge on any atom is 0.415 e. The Kier molecular flexibility index (Phi) is 4.02. The van der Waals surface area contributed by atoms with Crippen LogP contribution in [0.5, 0.6) is 0 Å². The summed E-state index contributed by atoms with van der Waals surface area (Å²) in [6.45, 7) is 9.78. The van der Waals surface area contributed by atoms with Crippen molar-refractivity contribution in [3.05, 3.63) is 35.2 Å². The largest absolute Gasteiger partial charge is 0.444 e. The fourth-order valence-corrected chi connectivity index (χ4v) is 2.50. The van der Waals surface area contributed by atoms with Gasteiger partial charge < -0.3 is 9.84 Å². The van der Waals surface area contributed by atoms with Gasteiger partial charge in [-0.15, -0.1) is 0 Å². The standard InChI is InChI=1S/C14H13F3N2O3/c1-7(20)12-8(2)22-13(21)19(12)9-4-5-11(18-3)10(6-9)14(15,16)17/h4-8,12,20H,1-2H3/t7-,8-,12+/m1/s1. The molecule has 1 heterocycles. The number of amides is 1. The quantitative estimate of drug-likeness (QED) is 0.852. The molecule has 5 nitrogen and oxygen atoms in total. The Labute approximate surface area is 124 Å². The highest BCUT2D eigenvalue weighted by molar-refractivity contribution is 5.91. The summed E-state index contributed by atoms with van der Waals surface area (Å²) in [6.07, 6.45) is -7.20. The lowest BCUT2D eigenvalue weighted by molar-refractivity contribution is -0.136. The van der Waals surface area contributed by atoms with Gasteiger partial charge in [0.05, 0.1) is 18.2 Å². The lowest BCUT2D eigenvalue weighted by atomic mass is 10.0. The molecular weight excluding hydrogens is 301 g/mol. The van der Waals surface area contributed by atoms with E-state index < -0.39 is 41.8 Å². The SMILES string of the molecule is [C-]#[N+]c1ccc(N2C(=O)O[C@H](C)[C@@H]2[C@@H](C)O)cc1C(F)(F)F. The molecule has 1 aromatic carbocycles. The highest BCUT2D eigenvalue weighted by atomic mass is 19.4. The van der Waals surface area contributed by atoms with Crippen LogP contribution in [-0.4, -0.2) is 29.4 Å². The molecule has 118 valence electrons. The highest BCUT2D eigenvalue weighted by Gasteiger charge is 2.44. The minimum absolute atomic E-state index is 0.0695. The van der Waals surface area contributed by atoms with Crippen LogP contribution in [0.15, 0.2) is 18.2 Å². The first kappa shape index (κ1) is 16.1. The summed E-state index contributed by atoms with van der Waals surface area (Å²) < 4.78 is 44.0.